The highest BCUT2D eigenvalue weighted by molar-refractivity contribution is 5.66. The number of hydrogen-bond donors (Lipinski definition) is 2. The standard InChI is InChI=1S/C12H15N3O2/c1-8-11-12(17)9(16)5-7-15(11)13-10-4-2-3-6-14(8)10/h5,7,10,13,17H,1-4,6H2/t10-/m0/s1. The van der Waals surface area contributed by atoms with Gasteiger partial charge in [0.25, 0.3) is 0 Å². The summed E-state index contributed by atoms with van der Waals surface area (Å²) in [6, 6.07) is 1.36. The molecule has 2 aliphatic heterocycles. The zero-order valence-corrected chi connectivity index (χ0v) is 9.52. The summed E-state index contributed by atoms with van der Waals surface area (Å²) >= 11 is 0. The predicted molar refractivity (Wildman–Crippen MR) is 65.1 cm³/mol. The van der Waals surface area contributed by atoms with Crippen molar-refractivity contribution in [2.45, 2.75) is 25.4 Å². The van der Waals surface area contributed by atoms with Crippen LogP contribution in [0, 0.1) is 0 Å². The molecule has 1 saturated heterocycles. The lowest BCUT2D eigenvalue weighted by molar-refractivity contribution is 0.221. The second kappa shape index (κ2) is 3.55. The van der Waals surface area contributed by atoms with E-state index in [9.17, 15) is 9.90 Å². The quantitative estimate of drug-likeness (QED) is 0.699. The lowest BCUT2D eigenvalue weighted by atomic mass is 10.0. The first-order valence-corrected chi connectivity index (χ1v) is 5.85. The zero-order chi connectivity index (χ0) is 12.0. The van der Waals surface area contributed by atoms with Crippen molar-refractivity contribution in [1.29, 1.82) is 0 Å². The SMILES string of the molecule is C=C1c2c(O)c(=O)ccn2N[C@@H]2CCCCN12. The van der Waals surface area contributed by atoms with Crippen LogP contribution in [0.15, 0.2) is 23.6 Å². The molecule has 3 rings (SSSR count). The molecule has 1 aromatic rings. The van der Waals surface area contributed by atoms with Crippen molar-refractivity contribution in [3.8, 4) is 5.75 Å². The number of nitrogens with zero attached hydrogens (tertiary/aromatic N) is 2. The number of aromatic nitrogens is 1. The average Bonchev–Trinajstić information content (AvgIpc) is 2.34. The van der Waals surface area contributed by atoms with Gasteiger partial charge >= 0.3 is 0 Å². The number of piperidine rings is 1. The lowest BCUT2D eigenvalue weighted by Crippen LogP contribution is -2.50. The van der Waals surface area contributed by atoms with Crippen LogP contribution in [0.25, 0.3) is 5.70 Å². The van der Waals surface area contributed by atoms with Crippen LogP contribution >= 0.6 is 0 Å². The molecule has 0 bridgehead atoms. The van der Waals surface area contributed by atoms with Crippen molar-refractivity contribution in [3.05, 3.63) is 34.8 Å². The molecule has 2 aliphatic rings. The third-order valence-electron chi connectivity index (χ3n) is 3.48. The fourth-order valence-electron chi connectivity index (χ4n) is 2.60. The fraction of sp³-hybridized carbons (Fsp3) is 0.417. The van der Waals surface area contributed by atoms with Gasteiger partial charge in [-0.2, -0.15) is 0 Å². The lowest BCUT2D eigenvalue weighted by Gasteiger charge is -2.44. The van der Waals surface area contributed by atoms with Gasteiger partial charge in [-0.05, 0) is 19.3 Å². The summed E-state index contributed by atoms with van der Waals surface area (Å²) in [5.41, 5.74) is 4.12. The first-order chi connectivity index (χ1) is 8.18. The molecule has 0 amide bonds. The normalized spacial score (nSPS) is 22.7. The minimum atomic E-state index is -0.366. The van der Waals surface area contributed by atoms with Crippen molar-refractivity contribution in [2.24, 2.45) is 0 Å². The summed E-state index contributed by atoms with van der Waals surface area (Å²) in [4.78, 5) is 13.6. The van der Waals surface area contributed by atoms with Crippen molar-refractivity contribution < 1.29 is 5.11 Å². The van der Waals surface area contributed by atoms with E-state index in [1.54, 1.807) is 10.9 Å². The summed E-state index contributed by atoms with van der Waals surface area (Å²) < 4.78 is 1.70. The summed E-state index contributed by atoms with van der Waals surface area (Å²) in [6.07, 6.45) is 5.21. The maximum atomic E-state index is 11.4. The molecule has 0 unspecified atom stereocenters. The minimum absolute atomic E-state index is 0.214. The Morgan fingerprint density at radius 2 is 2.29 bits per heavy atom. The van der Waals surface area contributed by atoms with E-state index in [4.69, 9.17) is 0 Å². The van der Waals surface area contributed by atoms with Crippen LogP contribution in [-0.4, -0.2) is 27.4 Å². The topological polar surface area (TPSA) is 57.5 Å². The molecular weight excluding hydrogens is 218 g/mol. The highest BCUT2D eigenvalue weighted by Crippen LogP contribution is 2.32. The maximum absolute atomic E-state index is 11.4. The smallest absolute Gasteiger partial charge is 0.224 e. The first kappa shape index (κ1) is 10.3. The molecular formula is C12H15N3O2. The number of pyridine rings is 1. The molecule has 0 radical (unpaired) electrons. The van der Waals surface area contributed by atoms with E-state index < -0.39 is 0 Å². The predicted octanol–water partition coefficient (Wildman–Crippen LogP) is 0.894. The van der Waals surface area contributed by atoms with Crippen LogP contribution in [0.1, 0.15) is 25.0 Å². The Morgan fingerprint density at radius 1 is 1.47 bits per heavy atom. The van der Waals surface area contributed by atoms with Crippen molar-refractivity contribution in [2.75, 3.05) is 12.0 Å². The second-order valence-electron chi connectivity index (χ2n) is 4.53. The van der Waals surface area contributed by atoms with E-state index in [-0.39, 0.29) is 17.3 Å². The number of rotatable bonds is 0. The van der Waals surface area contributed by atoms with Crippen molar-refractivity contribution >= 4 is 5.70 Å². The minimum Gasteiger partial charge on any atom is -0.503 e. The second-order valence-corrected chi connectivity index (χ2v) is 4.53. The largest absolute Gasteiger partial charge is 0.503 e. The van der Waals surface area contributed by atoms with E-state index in [0.717, 1.165) is 25.1 Å². The van der Waals surface area contributed by atoms with Crippen molar-refractivity contribution in [3.63, 3.8) is 0 Å². The summed E-state index contributed by atoms with van der Waals surface area (Å²) in [6.45, 7) is 4.92. The van der Waals surface area contributed by atoms with Gasteiger partial charge in [0.2, 0.25) is 5.43 Å². The van der Waals surface area contributed by atoms with Gasteiger partial charge in [-0.15, -0.1) is 0 Å². The molecule has 1 fully saturated rings. The van der Waals surface area contributed by atoms with Gasteiger partial charge in [0, 0.05) is 18.8 Å². The molecule has 3 heterocycles. The molecule has 90 valence electrons. The molecule has 5 heteroatoms. The molecule has 2 N–H and O–H groups in total. The van der Waals surface area contributed by atoms with Crippen LogP contribution in [0.3, 0.4) is 0 Å². The maximum Gasteiger partial charge on any atom is 0.224 e. The van der Waals surface area contributed by atoms with E-state index in [0.29, 0.717) is 5.69 Å². The van der Waals surface area contributed by atoms with Crippen molar-refractivity contribution in [1.82, 2.24) is 9.58 Å². The van der Waals surface area contributed by atoms with E-state index in [2.05, 4.69) is 16.9 Å². The third-order valence-corrected chi connectivity index (χ3v) is 3.48. The molecule has 17 heavy (non-hydrogen) atoms. The fourth-order valence-corrected chi connectivity index (χ4v) is 2.60. The third kappa shape index (κ3) is 1.42. The van der Waals surface area contributed by atoms with Crippen LogP contribution in [0.5, 0.6) is 5.75 Å². The highest BCUT2D eigenvalue weighted by atomic mass is 16.3. The van der Waals surface area contributed by atoms with E-state index in [1.807, 2.05) is 0 Å². The summed E-state index contributed by atoms with van der Waals surface area (Å²) in [5, 5.41) is 9.84. The first-order valence-electron chi connectivity index (χ1n) is 5.85. The monoisotopic (exact) mass is 233 g/mol. The number of fused-ring (bicyclic) bond motifs is 2. The number of hydrogen-bond acceptors (Lipinski definition) is 4. The van der Waals surface area contributed by atoms with Gasteiger partial charge in [0.05, 0.1) is 5.70 Å². The molecule has 0 aliphatic carbocycles. The molecule has 5 nitrogen and oxygen atoms in total. The zero-order valence-electron chi connectivity index (χ0n) is 9.52. The number of aromatic hydroxyl groups is 1. The van der Waals surface area contributed by atoms with Crippen LogP contribution in [0.4, 0.5) is 0 Å². The van der Waals surface area contributed by atoms with Gasteiger partial charge in [-0.25, -0.2) is 0 Å². The number of nitrogens with one attached hydrogen (secondary N) is 1. The Labute approximate surface area is 98.9 Å². The van der Waals surface area contributed by atoms with Gasteiger partial charge in [-0.1, -0.05) is 6.58 Å². The summed E-state index contributed by atoms with van der Waals surface area (Å²) in [5.74, 6) is -0.228. The van der Waals surface area contributed by atoms with E-state index >= 15 is 0 Å². The Kier molecular flexibility index (Phi) is 2.14. The van der Waals surface area contributed by atoms with Gasteiger partial charge in [0.15, 0.2) is 5.75 Å². The summed E-state index contributed by atoms with van der Waals surface area (Å²) in [7, 11) is 0. The Bertz CT molecular complexity index is 535. The average molecular weight is 233 g/mol. The Morgan fingerprint density at radius 3 is 3.12 bits per heavy atom. The molecule has 0 spiro atoms. The molecule has 1 atom stereocenters. The molecule has 0 aromatic carbocycles. The van der Waals surface area contributed by atoms with Gasteiger partial charge < -0.3 is 15.4 Å². The van der Waals surface area contributed by atoms with E-state index in [1.165, 1.54) is 12.5 Å². The Balaban J connectivity index is 2.13. The molecule has 1 aromatic heterocycles. The Hall–Kier alpha value is -1.91. The van der Waals surface area contributed by atoms with Gasteiger partial charge in [-0.3, -0.25) is 9.47 Å². The highest BCUT2D eigenvalue weighted by Gasteiger charge is 2.31. The van der Waals surface area contributed by atoms with Crippen LogP contribution < -0.4 is 10.9 Å². The van der Waals surface area contributed by atoms with Gasteiger partial charge in [0.1, 0.15) is 11.9 Å². The van der Waals surface area contributed by atoms with Crippen LogP contribution in [0.2, 0.25) is 0 Å². The molecule has 0 saturated carbocycles. The van der Waals surface area contributed by atoms with Crippen LogP contribution in [-0.2, 0) is 0 Å².